The third kappa shape index (κ3) is 2.25. The first-order valence-corrected chi connectivity index (χ1v) is 6.90. The maximum absolute atomic E-state index is 12.6. The molecule has 2 aromatic carbocycles. The lowest BCUT2D eigenvalue weighted by Gasteiger charge is -2.18. The first-order valence-electron chi connectivity index (χ1n) is 6.52. The highest BCUT2D eigenvalue weighted by atomic mass is 35.5. The Bertz CT molecular complexity index is 677. The Morgan fingerprint density at radius 3 is 2.80 bits per heavy atom. The predicted octanol–water partition coefficient (Wildman–Crippen LogP) is 3.43. The molecule has 1 amide bonds. The van der Waals surface area contributed by atoms with E-state index in [1.807, 2.05) is 37.3 Å². The van der Waals surface area contributed by atoms with E-state index in [-0.39, 0.29) is 5.91 Å². The molecule has 3 nitrogen and oxygen atoms in total. The number of hydrogen-bond donors (Lipinski definition) is 1. The van der Waals surface area contributed by atoms with Crippen LogP contribution in [0.15, 0.2) is 36.4 Å². The number of nitrogen functional groups attached to an aromatic ring is 1. The Kier molecular flexibility index (Phi) is 3.14. The number of rotatable bonds is 1. The van der Waals surface area contributed by atoms with Gasteiger partial charge in [-0.2, -0.15) is 0 Å². The van der Waals surface area contributed by atoms with Crippen LogP contribution < -0.4 is 10.6 Å². The van der Waals surface area contributed by atoms with Crippen LogP contribution in [-0.4, -0.2) is 12.5 Å². The van der Waals surface area contributed by atoms with Crippen molar-refractivity contribution in [2.75, 3.05) is 17.2 Å². The van der Waals surface area contributed by atoms with Crippen molar-refractivity contribution in [3.8, 4) is 0 Å². The molecule has 1 heterocycles. The monoisotopic (exact) mass is 286 g/mol. The van der Waals surface area contributed by atoms with Gasteiger partial charge in [-0.1, -0.05) is 11.6 Å². The number of halogens is 1. The van der Waals surface area contributed by atoms with Crippen LogP contribution in [0.4, 0.5) is 11.4 Å². The molecule has 0 atom stereocenters. The second kappa shape index (κ2) is 4.84. The summed E-state index contributed by atoms with van der Waals surface area (Å²) in [5, 5.41) is 0.588. The average Bonchev–Trinajstić information content (AvgIpc) is 2.79. The number of nitrogens with two attached hydrogens (primary N) is 1. The summed E-state index contributed by atoms with van der Waals surface area (Å²) in [7, 11) is 0. The lowest BCUT2D eigenvalue weighted by Crippen LogP contribution is -2.28. The summed E-state index contributed by atoms with van der Waals surface area (Å²) in [6.45, 7) is 2.62. The molecule has 3 rings (SSSR count). The molecule has 0 spiro atoms. The van der Waals surface area contributed by atoms with E-state index < -0.39 is 0 Å². The van der Waals surface area contributed by atoms with Crippen molar-refractivity contribution < 1.29 is 4.79 Å². The molecule has 20 heavy (non-hydrogen) atoms. The minimum absolute atomic E-state index is 0.0147. The van der Waals surface area contributed by atoms with Crippen LogP contribution in [0.2, 0.25) is 5.02 Å². The maximum Gasteiger partial charge on any atom is 0.258 e. The molecular weight excluding hydrogens is 272 g/mol. The van der Waals surface area contributed by atoms with Gasteiger partial charge in [-0.25, -0.2) is 0 Å². The van der Waals surface area contributed by atoms with Gasteiger partial charge in [0.05, 0.1) is 0 Å². The molecule has 0 saturated carbocycles. The van der Waals surface area contributed by atoms with Crippen molar-refractivity contribution >= 4 is 28.9 Å². The molecule has 1 aliphatic heterocycles. The van der Waals surface area contributed by atoms with E-state index in [4.69, 9.17) is 17.3 Å². The van der Waals surface area contributed by atoms with Gasteiger partial charge in [0.2, 0.25) is 0 Å². The number of carbonyl (C=O) groups is 1. The van der Waals surface area contributed by atoms with Crippen LogP contribution in [0, 0.1) is 6.92 Å². The standard InChI is InChI=1S/C16H15ClN2O/c1-10-6-12(8-13(17)7-10)16(20)19-5-4-11-9-14(18)2-3-15(11)19/h2-3,6-9H,4-5,18H2,1H3. The van der Waals surface area contributed by atoms with E-state index in [1.54, 1.807) is 11.0 Å². The first kappa shape index (κ1) is 13.0. The highest BCUT2D eigenvalue weighted by molar-refractivity contribution is 6.31. The summed E-state index contributed by atoms with van der Waals surface area (Å²) in [4.78, 5) is 14.4. The van der Waals surface area contributed by atoms with Gasteiger partial charge in [0.15, 0.2) is 0 Å². The number of hydrogen-bond acceptors (Lipinski definition) is 2. The third-order valence-corrected chi connectivity index (χ3v) is 3.75. The molecule has 0 radical (unpaired) electrons. The Labute approximate surface area is 123 Å². The van der Waals surface area contributed by atoms with Crippen molar-refractivity contribution in [3.05, 3.63) is 58.1 Å². The van der Waals surface area contributed by atoms with Crippen molar-refractivity contribution in [1.29, 1.82) is 0 Å². The van der Waals surface area contributed by atoms with Crippen molar-refractivity contribution in [2.45, 2.75) is 13.3 Å². The summed E-state index contributed by atoms with van der Waals surface area (Å²) in [5.74, 6) is -0.0147. The molecule has 0 aromatic heterocycles. The fourth-order valence-electron chi connectivity index (χ4n) is 2.65. The number of anilines is 2. The van der Waals surface area contributed by atoms with Crippen LogP contribution in [0.5, 0.6) is 0 Å². The van der Waals surface area contributed by atoms with E-state index >= 15 is 0 Å². The van der Waals surface area contributed by atoms with Gasteiger partial charge in [-0.05, 0) is 60.9 Å². The second-order valence-electron chi connectivity index (χ2n) is 5.11. The predicted molar refractivity (Wildman–Crippen MR) is 82.4 cm³/mol. The van der Waals surface area contributed by atoms with Gasteiger partial charge in [-0.15, -0.1) is 0 Å². The molecule has 0 unspecified atom stereocenters. The zero-order valence-electron chi connectivity index (χ0n) is 11.2. The van der Waals surface area contributed by atoms with Gasteiger partial charge in [0.1, 0.15) is 0 Å². The maximum atomic E-state index is 12.6. The molecule has 0 fully saturated rings. The molecule has 102 valence electrons. The SMILES string of the molecule is Cc1cc(Cl)cc(C(=O)N2CCc3cc(N)ccc32)c1. The van der Waals surface area contributed by atoms with Crippen LogP contribution in [-0.2, 0) is 6.42 Å². The smallest absolute Gasteiger partial charge is 0.258 e. The van der Waals surface area contributed by atoms with Gasteiger partial charge in [-0.3, -0.25) is 4.79 Å². The summed E-state index contributed by atoms with van der Waals surface area (Å²) in [5.41, 5.74) is 10.2. The Hall–Kier alpha value is -2.00. The highest BCUT2D eigenvalue weighted by Crippen LogP contribution is 2.31. The molecular formula is C16H15ClN2O. The third-order valence-electron chi connectivity index (χ3n) is 3.53. The van der Waals surface area contributed by atoms with Crippen molar-refractivity contribution in [1.82, 2.24) is 0 Å². The van der Waals surface area contributed by atoms with Gasteiger partial charge in [0.25, 0.3) is 5.91 Å². The normalized spacial score (nSPS) is 13.4. The fraction of sp³-hybridized carbons (Fsp3) is 0.188. The van der Waals surface area contributed by atoms with E-state index in [1.165, 1.54) is 0 Å². The molecule has 2 aromatic rings. The van der Waals surface area contributed by atoms with Crippen LogP contribution in [0.1, 0.15) is 21.5 Å². The van der Waals surface area contributed by atoms with E-state index in [0.29, 0.717) is 17.1 Å². The Morgan fingerprint density at radius 2 is 2.05 bits per heavy atom. The summed E-state index contributed by atoms with van der Waals surface area (Å²) in [6.07, 6.45) is 0.839. The molecule has 4 heteroatoms. The number of benzene rings is 2. The van der Waals surface area contributed by atoms with Crippen LogP contribution >= 0.6 is 11.6 Å². The number of nitrogens with zero attached hydrogens (tertiary/aromatic N) is 1. The molecule has 0 saturated heterocycles. The van der Waals surface area contributed by atoms with E-state index in [9.17, 15) is 4.79 Å². The number of carbonyl (C=O) groups excluding carboxylic acids is 1. The molecule has 2 N–H and O–H groups in total. The van der Waals surface area contributed by atoms with Gasteiger partial charge >= 0.3 is 0 Å². The Morgan fingerprint density at radius 1 is 1.25 bits per heavy atom. The lowest BCUT2D eigenvalue weighted by molar-refractivity contribution is 0.0989. The highest BCUT2D eigenvalue weighted by Gasteiger charge is 2.25. The lowest BCUT2D eigenvalue weighted by atomic mass is 10.1. The number of fused-ring (bicyclic) bond motifs is 1. The fourth-order valence-corrected chi connectivity index (χ4v) is 2.94. The largest absolute Gasteiger partial charge is 0.399 e. The number of amides is 1. The average molecular weight is 287 g/mol. The zero-order chi connectivity index (χ0) is 14.3. The van der Waals surface area contributed by atoms with Crippen LogP contribution in [0.3, 0.4) is 0 Å². The van der Waals surface area contributed by atoms with Crippen molar-refractivity contribution in [3.63, 3.8) is 0 Å². The quantitative estimate of drug-likeness (QED) is 0.816. The summed E-state index contributed by atoms with van der Waals surface area (Å²) >= 11 is 6.03. The van der Waals surface area contributed by atoms with Gasteiger partial charge in [0, 0.05) is 28.5 Å². The molecule has 1 aliphatic rings. The first-order chi connectivity index (χ1) is 9.54. The Balaban J connectivity index is 1.97. The number of aryl methyl sites for hydroxylation is 1. The molecule has 0 bridgehead atoms. The summed E-state index contributed by atoms with van der Waals surface area (Å²) in [6, 6.07) is 11.1. The summed E-state index contributed by atoms with van der Waals surface area (Å²) < 4.78 is 0. The van der Waals surface area contributed by atoms with Crippen LogP contribution in [0.25, 0.3) is 0 Å². The minimum Gasteiger partial charge on any atom is -0.399 e. The second-order valence-corrected chi connectivity index (χ2v) is 5.55. The zero-order valence-corrected chi connectivity index (χ0v) is 11.9. The topological polar surface area (TPSA) is 46.3 Å². The molecule has 0 aliphatic carbocycles. The van der Waals surface area contributed by atoms with Gasteiger partial charge < -0.3 is 10.6 Å². The van der Waals surface area contributed by atoms with E-state index in [2.05, 4.69) is 0 Å². The van der Waals surface area contributed by atoms with Crippen molar-refractivity contribution in [2.24, 2.45) is 0 Å². The van der Waals surface area contributed by atoms with E-state index in [0.717, 1.165) is 28.9 Å². The minimum atomic E-state index is -0.0147.